The van der Waals surface area contributed by atoms with Crippen molar-refractivity contribution in [2.24, 2.45) is 11.8 Å². The molecule has 0 aromatic heterocycles. The minimum atomic E-state index is 0.216. The second-order valence-corrected chi connectivity index (χ2v) is 5.05. The van der Waals surface area contributed by atoms with Gasteiger partial charge < -0.3 is 4.74 Å². The van der Waals surface area contributed by atoms with Gasteiger partial charge in [-0.3, -0.25) is 4.90 Å². The van der Waals surface area contributed by atoms with Crippen molar-refractivity contribution in [1.29, 1.82) is 5.26 Å². The average Bonchev–Trinajstić information content (AvgIpc) is 2.35. The molecule has 0 amide bonds. The molecule has 17 heavy (non-hydrogen) atoms. The third-order valence-electron chi connectivity index (χ3n) is 3.85. The van der Waals surface area contributed by atoms with Crippen LogP contribution < -0.4 is 0 Å². The average molecular weight is 238 g/mol. The minimum Gasteiger partial charge on any atom is -0.380 e. The minimum absolute atomic E-state index is 0.216. The number of nitriles is 1. The summed E-state index contributed by atoms with van der Waals surface area (Å²) in [4.78, 5) is 2.43. The second kappa shape index (κ2) is 7.68. The number of likely N-dealkylation sites (N-methyl/N-ethyl adjacent to an activating group) is 1. The van der Waals surface area contributed by atoms with E-state index in [1.165, 1.54) is 6.42 Å². The van der Waals surface area contributed by atoms with Crippen LogP contribution in [-0.2, 0) is 4.74 Å². The molecular formula is C14H26N2O. The van der Waals surface area contributed by atoms with E-state index in [9.17, 15) is 5.26 Å². The molecular weight excluding hydrogens is 212 g/mol. The molecule has 0 bridgehead atoms. The molecule has 1 rings (SSSR count). The molecule has 1 aliphatic carbocycles. The molecule has 0 aromatic carbocycles. The molecule has 98 valence electrons. The summed E-state index contributed by atoms with van der Waals surface area (Å²) >= 11 is 0. The summed E-state index contributed by atoms with van der Waals surface area (Å²) in [6.07, 6.45) is 3.43. The van der Waals surface area contributed by atoms with E-state index in [1.807, 2.05) is 6.92 Å². The van der Waals surface area contributed by atoms with Crippen molar-refractivity contribution in [2.75, 3.05) is 26.3 Å². The summed E-state index contributed by atoms with van der Waals surface area (Å²) in [7, 11) is 0. The Kier molecular flexibility index (Phi) is 6.54. The molecule has 0 aromatic rings. The van der Waals surface area contributed by atoms with Gasteiger partial charge in [0, 0.05) is 19.2 Å². The summed E-state index contributed by atoms with van der Waals surface area (Å²) in [5, 5.41) is 9.26. The normalized spacial score (nSPS) is 29.2. The van der Waals surface area contributed by atoms with Crippen LogP contribution in [0.4, 0.5) is 0 Å². The van der Waals surface area contributed by atoms with Gasteiger partial charge in [0.25, 0.3) is 0 Å². The lowest BCUT2D eigenvalue weighted by molar-refractivity contribution is 0.0639. The van der Waals surface area contributed by atoms with Crippen LogP contribution in [0.1, 0.15) is 40.0 Å². The van der Waals surface area contributed by atoms with Gasteiger partial charge in [0.05, 0.1) is 18.6 Å². The van der Waals surface area contributed by atoms with Gasteiger partial charge in [-0.25, -0.2) is 0 Å². The molecule has 3 heteroatoms. The molecule has 0 aliphatic heterocycles. The molecule has 0 saturated heterocycles. The van der Waals surface area contributed by atoms with Gasteiger partial charge in [0.2, 0.25) is 0 Å². The zero-order valence-electron chi connectivity index (χ0n) is 11.5. The first-order chi connectivity index (χ1) is 8.22. The SMILES string of the molecule is CCOCCN(CC)C1CC(C)CCC1C#N. The van der Waals surface area contributed by atoms with E-state index in [0.717, 1.165) is 45.1 Å². The van der Waals surface area contributed by atoms with E-state index in [4.69, 9.17) is 4.74 Å². The first kappa shape index (κ1) is 14.5. The third-order valence-corrected chi connectivity index (χ3v) is 3.85. The molecule has 1 aliphatic rings. The quantitative estimate of drug-likeness (QED) is 0.667. The standard InChI is InChI=1S/C14H26N2O/c1-4-16(8-9-17-5-2)14-10-12(3)6-7-13(14)11-15/h12-14H,4-10H2,1-3H3. The fourth-order valence-corrected chi connectivity index (χ4v) is 2.79. The highest BCUT2D eigenvalue weighted by Crippen LogP contribution is 2.31. The van der Waals surface area contributed by atoms with Crippen LogP contribution in [0.3, 0.4) is 0 Å². The Morgan fingerprint density at radius 3 is 2.71 bits per heavy atom. The van der Waals surface area contributed by atoms with Gasteiger partial charge in [-0.1, -0.05) is 13.8 Å². The lowest BCUT2D eigenvalue weighted by atomic mass is 9.79. The lowest BCUT2D eigenvalue weighted by Crippen LogP contribution is -2.45. The predicted molar refractivity (Wildman–Crippen MR) is 69.6 cm³/mol. The number of nitrogens with zero attached hydrogens (tertiary/aromatic N) is 2. The Bertz CT molecular complexity index is 249. The summed E-state index contributed by atoms with van der Waals surface area (Å²) in [6.45, 7) is 10.0. The molecule has 3 nitrogen and oxygen atoms in total. The Labute approximate surface area is 106 Å². The molecule has 0 N–H and O–H groups in total. The van der Waals surface area contributed by atoms with Crippen molar-refractivity contribution in [2.45, 2.75) is 46.1 Å². The molecule has 1 saturated carbocycles. The first-order valence-electron chi connectivity index (χ1n) is 6.94. The largest absolute Gasteiger partial charge is 0.380 e. The van der Waals surface area contributed by atoms with E-state index in [1.54, 1.807) is 0 Å². The number of rotatable bonds is 6. The predicted octanol–water partition coefficient (Wildman–Crippen LogP) is 2.67. The zero-order chi connectivity index (χ0) is 12.7. The molecule has 0 heterocycles. The summed E-state index contributed by atoms with van der Waals surface area (Å²) in [5.41, 5.74) is 0. The van der Waals surface area contributed by atoms with Crippen molar-refractivity contribution >= 4 is 0 Å². The maximum absolute atomic E-state index is 9.26. The molecule has 3 atom stereocenters. The third kappa shape index (κ3) is 4.29. The van der Waals surface area contributed by atoms with Crippen molar-refractivity contribution in [1.82, 2.24) is 4.90 Å². The number of hydrogen-bond donors (Lipinski definition) is 0. The Morgan fingerprint density at radius 1 is 1.35 bits per heavy atom. The lowest BCUT2D eigenvalue weighted by Gasteiger charge is -2.39. The number of hydrogen-bond acceptors (Lipinski definition) is 3. The van der Waals surface area contributed by atoms with Gasteiger partial charge >= 0.3 is 0 Å². The van der Waals surface area contributed by atoms with Crippen LogP contribution in [-0.4, -0.2) is 37.2 Å². The van der Waals surface area contributed by atoms with Crippen LogP contribution in [0.2, 0.25) is 0 Å². The Balaban J connectivity index is 2.54. The van der Waals surface area contributed by atoms with Gasteiger partial charge in [0.1, 0.15) is 0 Å². The topological polar surface area (TPSA) is 36.3 Å². The maximum Gasteiger partial charge on any atom is 0.0672 e. The fourth-order valence-electron chi connectivity index (χ4n) is 2.79. The zero-order valence-corrected chi connectivity index (χ0v) is 11.5. The maximum atomic E-state index is 9.26. The molecule has 0 spiro atoms. The van der Waals surface area contributed by atoms with Crippen LogP contribution in [0, 0.1) is 23.2 Å². The van der Waals surface area contributed by atoms with Crippen molar-refractivity contribution < 1.29 is 4.74 Å². The summed E-state index contributed by atoms with van der Waals surface area (Å²) in [6, 6.07) is 2.94. The molecule has 0 radical (unpaired) electrons. The highest BCUT2D eigenvalue weighted by atomic mass is 16.5. The highest BCUT2D eigenvalue weighted by Gasteiger charge is 2.32. The van der Waals surface area contributed by atoms with Crippen LogP contribution in [0.5, 0.6) is 0 Å². The van der Waals surface area contributed by atoms with Crippen molar-refractivity contribution in [3.05, 3.63) is 0 Å². The number of ether oxygens (including phenoxy) is 1. The first-order valence-corrected chi connectivity index (χ1v) is 6.94. The van der Waals surface area contributed by atoms with Gasteiger partial charge in [-0.05, 0) is 38.6 Å². The molecule has 1 fully saturated rings. The van der Waals surface area contributed by atoms with Crippen LogP contribution in [0.15, 0.2) is 0 Å². The van der Waals surface area contributed by atoms with Crippen molar-refractivity contribution in [3.63, 3.8) is 0 Å². The highest BCUT2D eigenvalue weighted by molar-refractivity contribution is 4.96. The fraction of sp³-hybridized carbons (Fsp3) is 0.929. The second-order valence-electron chi connectivity index (χ2n) is 5.05. The van der Waals surface area contributed by atoms with E-state index in [-0.39, 0.29) is 5.92 Å². The van der Waals surface area contributed by atoms with E-state index < -0.39 is 0 Å². The van der Waals surface area contributed by atoms with E-state index >= 15 is 0 Å². The smallest absolute Gasteiger partial charge is 0.0672 e. The Morgan fingerprint density at radius 2 is 2.12 bits per heavy atom. The Hall–Kier alpha value is -0.590. The van der Waals surface area contributed by atoms with Gasteiger partial charge in [-0.15, -0.1) is 0 Å². The monoisotopic (exact) mass is 238 g/mol. The van der Waals surface area contributed by atoms with E-state index in [0.29, 0.717) is 6.04 Å². The van der Waals surface area contributed by atoms with Crippen molar-refractivity contribution in [3.8, 4) is 6.07 Å². The van der Waals surface area contributed by atoms with Gasteiger partial charge in [0.15, 0.2) is 0 Å². The van der Waals surface area contributed by atoms with Gasteiger partial charge in [-0.2, -0.15) is 5.26 Å². The summed E-state index contributed by atoms with van der Waals surface area (Å²) in [5.74, 6) is 0.971. The van der Waals surface area contributed by atoms with E-state index in [2.05, 4.69) is 24.8 Å². The molecule has 3 unspecified atom stereocenters. The van der Waals surface area contributed by atoms with Crippen LogP contribution in [0.25, 0.3) is 0 Å². The van der Waals surface area contributed by atoms with Crippen LogP contribution >= 0.6 is 0 Å². The summed E-state index contributed by atoms with van der Waals surface area (Å²) < 4.78 is 5.43.